The Bertz CT molecular complexity index is 402. The predicted octanol–water partition coefficient (Wildman–Crippen LogP) is 1.87. The first kappa shape index (κ1) is 13.5. The van der Waals surface area contributed by atoms with Crippen molar-refractivity contribution in [1.29, 1.82) is 0 Å². The lowest BCUT2D eigenvalue weighted by molar-refractivity contribution is 0.294. The minimum atomic E-state index is 0.247. The molecule has 4 nitrogen and oxygen atoms in total. The predicted molar refractivity (Wildman–Crippen MR) is 70.3 cm³/mol. The molecule has 1 rings (SSSR count). The Morgan fingerprint density at radius 3 is 2.71 bits per heavy atom. The first-order valence-corrected chi connectivity index (χ1v) is 5.81. The maximum Gasteiger partial charge on any atom is 0.153 e. The molecule has 94 valence electrons. The van der Waals surface area contributed by atoms with E-state index in [1.807, 2.05) is 0 Å². The fourth-order valence-corrected chi connectivity index (χ4v) is 1.75. The van der Waals surface area contributed by atoms with Crippen LogP contribution >= 0.6 is 0 Å². The van der Waals surface area contributed by atoms with Crippen LogP contribution in [0.2, 0.25) is 0 Å². The number of nitrogens with two attached hydrogens (primary N) is 1. The average molecular weight is 235 g/mol. The topological polar surface area (TPSA) is 61.8 Å². The lowest BCUT2D eigenvalue weighted by Crippen LogP contribution is -2.33. The second-order valence-corrected chi connectivity index (χ2v) is 4.32. The molecule has 0 spiro atoms. The second-order valence-electron chi connectivity index (χ2n) is 4.32. The van der Waals surface area contributed by atoms with E-state index in [1.165, 1.54) is 16.7 Å². The summed E-state index contributed by atoms with van der Waals surface area (Å²) in [6.45, 7) is 8.43. The van der Waals surface area contributed by atoms with Crippen molar-refractivity contribution < 1.29 is 5.21 Å². The number of rotatable bonds is 5. The summed E-state index contributed by atoms with van der Waals surface area (Å²) in [6, 6.07) is 6.42. The highest BCUT2D eigenvalue weighted by Gasteiger charge is 2.08. The molecule has 0 aliphatic rings. The molecule has 4 heteroatoms. The van der Waals surface area contributed by atoms with E-state index in [9.17, 15) is 0 Å². The highest BCUT2D eigenvalue weighted by Crippen LogP contribution is 2.13. The van der Waals surface area contributed by atoms with Gasteiger partial charge < -0.3 is 10.9 Å². The fraction of sp³-hybridized carbons (Fsp3) is 0.462. The maximum atomic E-state index is 8.58. The zero-order chi connectivity index (χ0) is 12.8. The summed E-state index contributed by atoms with van der Waals surface area (Å²) < 4.78 is 0. The van der Waals surface area contributed by atoms with Crippen molar-refractivity contribution in [3.63, 3.8) is 0 Å². The van der Waals surface area contributed by atoms with E-state index in [1.54, 1.807) is 0 Å². The number of oxime groups is 1. The van der Waals surface area contributed by atoms with E-state index in [4.69, 9.17) is 10.9 Å². The molecule has 0 heterocycles. The van der Waals surface area contributed by atoms with Gasteiger partial charge in [-0.3, -0.25) is 4.90 Å². The molecule has 0 unspecified atom stereocenters. The van der Waals surface area contributed by atoms with E-state index >= 15 is 0 Å². The van der Waals surface area contributed by atoms with Gasteiger partial charge in [-0.1, -0.05) is 35.8 Å². The summed E-state index contributed by atoms with van der Waals surface area (Å²) in [5.74, 6) is 0.247. The van der Waals surface area contributed by atoms with Gasteiger partial charge >= 0.3 is 0 Å². The van der Waals surface area contributed by atoms with Crippen LogP contribution in [0.3, 0.4) is 0 Å². The zero-order valence-corrected chi connectivity index (χ0v) is 10.8. The molecule has 0 saturated heterocycles. The molecule has 0 atom stereocenters. The van der Waals surface area contributed by atoms with Gasteiger partial charge in [0.1, 0.15) is 0 Å². The van der Waals surface area contributed by atoms with Crippen LogP contribution in [0.25, 0.3) is 0 Å². The highest BCUT2D eigenvalue weighted by atomic mass is 16.4. The van der Waals surface area contributed by atoms with Gasteiger partial charge in [0.2, 0.25) is 0 Å². The van der Waals surface area contributed by atoms with Crippen LogP contribution in [0.5, 0.6) is 0 Å². The Balaban J connectivity index is 2.76. The van der Waals surface area contributed by atoms with E-state index in [0.717, 1.165) is 13.1 Å². The lowest BCUT2D eigenvalue weighted by atomic mass is 10.1. The van der Waals surface area contributed by atoms with Crippen LogP contribution in [-0.4, -0.2) is 29.0 Å². The van der Waals surface area contributed by atoms with Crippen LogP contribution in [0, 0.1) is 13.8 Å². The van der Waals surface area contributed by atoms with Crippen LogP contribution in [0.4, 0.5) is 0 Å². The molecular weight excluding hydrogens is 214 g/mol. The Hall–Kier alpha value is -1.55. The molecule has 0 aliphatic carbocycles. The Morgan fingerprint density at radius 2 is 2.12 bits per heavy atom. The van der Waals surface area contributed by atoms with Gasteiger partial charge in [0.25, 0.3) is 0 Å². The van der Waals surface area contributed by atoms with E-state index in [2.05, 4.69) is 49.0 Å². The summed E-state index contributed by atoms with van der Waals surface area (Å²) >= 11 is 0. The van der Waals surface area contributed by atoms with Gasteiger partial charge in [-0.2, -0.15) is 0 Å². The van der Waals surface area contributed by atoms with Gasteiger partial charge in [0.15, 0.2) is 5.84 Å². The Labute approximate surface area is 103 Å². The van der Waals surface area contributed by atoms with Gasteiger partial charge in [0, 0.05) is 6.54 Å². The maximum absolute atomic E-state index is 8.58. The number of amidine groups is 1. The van der Waals surface area contributed by atoms with Crippen molar-refractivity contribution in [3.05, 3.63) is 34.9 Å². The summed E-state index contributed by atoms with van der Waals surface area (Å²) in [5, 5.41) is 11.6. The van der Waals surface area contributed by atoms with Gasteiger partial charge in [-0.15, -0.1) is 0 Å². The summed E-state index contributed by atoms with van der Waals surface area (Å²) in [6.07, 6.45) is 0. The molecule has 0 aromatic heterocycles. The van der Waals surface area contributed by atoms with Crippen molar-refractivity contribution in [2.75, 3.05) is 13.1 Å². The lowest BCUT2D eigenvalue weighted by Gasteiger charge is -2.20. The van der Waals surface area contributed by atoms with E-state index in [0.29, 0.717) is 6.54 Å². The fourth-order valence-electron chi connectivity index (χ4n) is 1.75. The SMILES string of the molecule is CCN(CC(N)=NO)Cc1cc(C)ccc1C. The number of nitrogens with zero attached hydrogens (tertiary/aromatic N) is 2. The molecule has 0 fully saturated rings. The Morgan fingerprint density at radius 1 is 1.41 bits per heavy atom. The molecule has 0 bridgehead atoms. The molecule has 0 radical (unpaired) electrons. The molecule has 1 aromatic rings. The third-order valence-corrected chi connectivity index (χ3v) is 2.86. The Kier molecular flexibility index (Phi) is 4.97. The summed E-state index contributed by atoms with van der Waals surface area (Å²) in [7, 11) is 0. The van der Waals surface area contributed by atoms with Crippen molar-refractivity contribution in [3.8, 4) is 0 Å². The van der Waals surface area contributed by atoms with Crippen molar-refractivity contribution >= 4 is 5.84 Å². The number of benzene rings is 1. The number of likely N-dealkylation sites (N-methyl/N-ethyl adjacent to an activating group) is 1. The first-order valence-electron chi connectivity index (χ1n) is 5.81. The molecular formula is C13H21N3O. The molecule has 1 aromatic carbocycles. The van der Waals surface area contributed by atoms with E-state index in [-0.39, 0.29) is 5.84 Å². The molecule has 17 heavy (non-hydrogen) atoms. The largest absolute Gasteiger partial charge is 0.409 e. The van der Waals surface area contributed by atoms with Crippen LogP contribution in [0.15, 0.2) is 23.4 Å². The standard InChI is InChI=1S/C13H21N3O/c1-4-16(9-13(14)15-17)8-12-7-10(2)5-6-11(12)3/h5-7,17H,4,8-9H2,1-3H3,(H2,14,15). The quantitative estimate of drug-likeness (QED) is 0.354. The van der Waals surface area contributed by atoms with E-state index < -0.39 is 0 Å². The number of hydrogen-bond acceptors (Lipinski definition) is 3. The first-order chi connectivity index (χ1) is 8.06. The van der Waals surface area contributed by atoms with Crippen LogP contribution in [-0.2, 0) is 6.54 Å². The number of aryl methyl sites for hydroxylation is 2. The molecule has 3 N–H and O–H groups in total. The van der Waals surface area contributed by atoms with Gasteiger partial charge in [-0.05, 0) is 31.5 Å². The minimum Gasteiger partial charge on any atom is -0.409 e. The highest BCUT2D eigenvalue weighted by molar-refractivity contribution is 5.81. The minimum absolute atomic E-state index is 0.247. The van der Waals surface area contributed by atoms with Crippen LogP contribution in [0.1, 0.15) is 23.6 Å². The summed E-state index contributed by atoms with van der Waals surface area (Å²) in [4.78, 5) is 2.14. The zero-order valence-electron chi connectivity index (χ0n) is 10.8. The smallest absolute Gasteiger partial charge is 0.153 e. The normalized spacial score (nSPS) is 12.1. The third kappa shape index (κ3) is 4.07. The van der Waals surface area contributed by atoms with Crippen molar-refractivity contribution in [2.24, 2.45) is 10.9 Å². The second kappa shape index (κ2) is 6.25. The van der Waals surface area contributed by atoms with Crippen molar-refractivity contribution in [1.82, 2.24) is 4.90 Å². The van der Waals surface area contributed by atoms with Crippen LogP contribution < -0.4 is 5.73 Å². The third-order valence-electron chi connectivity index (χ3n) is 2.86. The van der Waals surface area contributed by atoms with Gasteiger partial charge in [0.05, 0.1) is 6.54 Å². The molecule has 0 saturated carbocycles. The molecule has 0 aliphatic heterocycles. The van der Waals surface area contributed by atoms with Crippen molar-refractivity contribution in [2.45, 2.75) is 27.3 Å². The van der Waals surface area contributed by atoms with Gasteiger partial charge in [-0.25, -0.2) is 0 Å². The molecule has 0 amide bonds. The average Bonchev–Trinajstić information content (AvgIpc) is 2.32. The summed E-state index contributed by atoms with van der Waals surface area (Å²) in [5.41, 5.74) is 9.35. The monoisotopic (exact) mass is 235 g/mol. The number of hydrogen-bond donors (Lipinski definition) is 2.